The first-order valence-corrected chi connectivity index (χ1v) is 15.9. The summed E-state index contributed by atoms with van der Waals surface area (Å²) in [6.45, 7) is 8.18. The number of aromatic amines is 1. The summed E-state index contributed by atoms with van der Waals surface area (Å²) >= 11 is 6.68. The predicted octanol–water partition coefficient (Wildman–Crippen LogP) is 4.83. The number of nitrogens with one attached hydrogen (secondary N) is 1. The fraction of sp³-hybridized carbons (Fsp3) is 0.214. The Bertz CT molecular complexity index is 2410. The van der Waals surface area contributed by atoms with E-state index in [9.17, 15) is 0 Å². The zero-order chi connectivity index (χ0) is 34.3. The molecule has 20 heteroatoms. The molecule has 48 heavy (non-hydrogen) atoms. The first-order chi connectivity index (χ1) is 22.9. The third-order valence-corrected chi connectivity index (χ3v) is 8.32. The maximum Gasteiger partial charge on any atom is 0.292 e. The van der Waals surface area contributed by atoms with Gasteiger partial charge >= 0.3 is 0 Å². The topological polar surface area (TPSA) is 272 Å². The van der Waals surface area contributed by atoms with Crippen LogP contribution in [0.2, 0.25) is 0 Å². The second-order valence-electron chi connectivity index (χ2n) is 10.9. The third-order valence-electron chi connectivity index (χ3n) is 6.98. The number of hydrogen-bond donors (Lipinski definition) is 5. The SMILES string of the molecule is CC(C)n1nc2ncnc(N)c2c1-c1ccc2oc(N)nc2c1.CC(C)n1nc2ncnc(N)c2c1Br.Nc1ncnc2n[nH]c(Br)c12. The molecule has 0 amide bonds. The van der Waals surface area contributed by atoms with E-state index < -0.39 is 0 Å². The molecular formula is C28H29Br2N17O. The fourth-order valence-electron chi connectivity index (χ4n) is 4.81. The highest BCUT2D eigenvalue weighted by molar-refractivity contribution is 9.10. The largest absolute Gasteiger partial charge is 0.424 e. The van der Waals surface area contributed by atoms with Gasteiger partial charge in [-0.2, -0.15) is 20.3 Å². The molecule has 0 aliphatic rings. The first-order valence-electron chi connectivity index (χ1n) is 14.3. The van der Waals surface area contributed by atoms with Crippen molar-refractivity contribution < 1.29 is 4.42 Å². The first kappa shape index (κ1) is 32.4. The minimum atomic E-state index is 0.136. The van der Waals surface area contributed by atoms with Crippen molar-refractivity contribution in [3.05, 3.63) is 46.4 Å². The molecule has 18 nitrogen and oxygen atoms in total. The molecule has 0 aliphatic carbocycles. The van der Waals surface area contributed by atoms with Gasteiger partial charge in [0.05, 0.1) is 21.9 Å². The molecule has 0 bridgehead atoms. The van der Waals surface area contributed by atoms with Crippen molar-refractivity contribution in [2.75, 3.05) is 22.9 Å². The number of aromatic nitrogens is 13. The van der Waals surface area contributed by atoms with Crippen LogP contribution in [0.1, 0.15) is 39.8 Å². The van der Waals surface area contributed by atoms with Gasteiger partial charge in [0.1, 0.15) is 51.2 Å². The van der Waals surface area contributed by atoms with Crippen molar-refractivity contribution in [3.63, 3.8) is 0 Å². The van der Waals surface area contributed by atoms with Crippen molar-refractivity contribution in [3.8, 4) is 11.3 Å². The second kappa shape index (κ2) is 13.0. The lowest BCUT2D eigenvalue weighted by atomic mass is 10.1. The summed E-state index contributed by atoms with van der Waals surface area (Å²) in [5, 5.41) is 17.7. The van der Waals surface area contributed by atoms with E-state index in [0.717, 1.165) is 32.0 Å². The van der Waals surface area contributed by atoms with Crippen LogP contribution >= 0.6 is 31.9 Å². The standard InChI is InChI=1S/C15H15N7O.C8H10BrN5.C5H4BrN5/c1-7(2)22-12(11-13(16)18-6-19-14(11)21-22)8-3-4-10-9(5-8)20-15(17)23-10;1-4(2)14-6(9)5-7(10)11-3-12-8(5)13-14;6-3-2-4(7)8-1-9-5(2)11-10-3/h3-7H,1-2H3,(H2,17,20)(H2,16,18,19,21);3-4H,1-2H3,(H2,10,11,12,13);1H,(H3,7,8,9,10,11). The van der Waals surface area contributed by atoms with Crippen LogP contribution in [-0.4, -0.2) is 64.6 Å². The van der Waals surface area contributed by atoms with E-state index in [1.54, 1.807) is 0 Å². The van der Waals surface area contributed by atoms with Crippen LogP contribution in [0.5, 0.6) is 0 Å². The van der Waals surface area contributed by atoms with Gasteiger partial charge in [-0.25, -0.2) is 29.9 Å². The van der Waals surface area contributed by atoms with Gasteiger partial charge in [0.2, 0.25) is 0 Å². The lowest BCUT2D eigenvalue weighted by Gasteiger charge is -2.11. The molecule has 0 unspecified atom stereocenters. The van der Waals surface area contributed by atoms with Gasteiger partial charge in [-0.3, -0.25) is 14.5 Å². The average Bonchev–Trinajstić information content (AvgIpc) is 3.81. The van der Waals surface area contributed by atoms with Gasteiger partial charge in [0, 0.05) is 17.6 Å². The minimum absolute atomic E-state index is 0.136. The number of H-pyrrole nitrogens is 1. The summed E-state index contributed by atoms with van der Waals surface area (Å²) in [6, 6.07) is 6.19. The lowest BCUT2D eigenvalue weighted by molar-refractivity contribution is 0.526. The molecule has 7 aromatic heterocycles. The number of fused-ring (bicyclic) bond motifs is 4. The normalized spacial score (nSPS) is 11.4. The monoisotopic (exact) mass is 777 g/mol. The van der Waals surface area contributed by atoms with E-state index >= 15 is 0 Å². The van der Waals surface area contributed by atoms with E-state index in [4.69, 9.17) is 27.4 Å². The molecule has 1 aromatic carbocycles. The molecule has 0 atom stereocenters. The third kappa shape index (κ3) is 6.01. The van der Waals surface area contributed by atoms with Crippen molar-refractivity contribution in [1.29, 1.82) is 0 Å². The van der Waals surface area contributed by atoms with Gasteiger partial charge in [-0.15, -0.1) is 0 Å². The maximum absolute atomic E-state index is 6.07. The predicted molar refractivity (Wildman–Crippen MR) is 189 cm³/mol. The molecule has 7 heterocycles. The Hall–Kier alpha value is -5.50. The smallest absolute Gasteiger partial charge is 0.292 e. The van der Waals surface area contributed by atoms with Crippen molar-refractivity contribution >= 4 is 99.5 Å². The minimum Gasteiger partial charge on any atom is -0.424 e. The van der Waals surface area contributed by atoms with Gasteiger partial charge < -0.3 is 27.4 Å². The van der Waals surface area contributed by atoms with Crippen LogP contribution in [0, 0.1) is 0 Å². The second-order valence-corrected chi connectivity index (χ2v) is 12.4. The van der Waals surface area contributed by atoms with Gasteiger partial charge in [0.15, 0.2) is 22.5 Å². The van der Waals surface area contributed by atoms with Crippen LogP contribution in [0.3, 0.4) is 0 Å². The highest BCUT2D eigenvalue weighted by atomic mass is 79.9. The number of halogens is 2. The number of anilines is 4. The van der Waals surface area contributed by atoms with Crippen molar-refractivity contribution in [2.45, 2.75) is 39.8 Å². The lowest BCUT2D eigenvalue weighted by Crippen LogP contribution is -2.04. The molecule has 9 N–H and O–H groups in total. The van der Waals surface area contributed by atoms with Crippen molar-refractivity contribution in [2.24, 2.45) is 0 Å². The van der Waals surface area contributed by atoms with Crippen LogP contribution in [0.25, 0.3) is 55.5 Å². The average molecular weight is 779 g/mol. The summed E-state index contributed by atoms with van der Waals surface area (Å²) in [5.41, 5.74) is 27.8. The number of rotatable bonds is 3. The van der Waals surface area contributed by atoms with E-state index in [1.165, 1.54) is 19.0 Å². The zero-order valence-corrected chi connectivity index (χ0v) is 29.1. The van der Waals surface area contributed by atoms with Gasteiger partial charge in [0.25, 0.3) is 6.01 Å². The number of oxazole rings is 1. The van der Waals surface area contributed by atoms with Crippen LogP contribution in [0.15, 0.2) is 50.8 Å². The van der Waals surface area contributed by atoms with E-state index in [1.807, 2.05) is 55.3 Å². The number of nitrogen functional groups attached to an aromatic ring is 4. The van der Waals surface area contributed by atoms with E-state index in [0.29, 0.717) is 50.1 Å². The quantitative estimate of drug-likeness (QED) is 0.161. The van der Waals surface area contributed by atoms with Gasteiger partial charge in [-0.1, -0.05) is 0 Å². The Morgan fingerprint density at radius 2 is 1.27 bits per heavy atom. The van der Waals surface area contributed by atoms with Gasteiger partial charge in [-0.05, 0) is 77.8 Å². The van der Waals surface area contributed by atoms with Crippen molar-refractivity contribution in [1.82, 2.24) is 64.6 Å². The van der Waals surface area contributed by atoms with Crippen LogP contribution in [-0.2, 0) is 0 Å². The summed E-state index contributed by atoms with van der Waals surface area (Å²) in [7, 11) is 0. The molecule has 8 aromatic rings. The molecule has 0 fully saturated rings. The number of benzene rings is 1. The Labute approximate surface area is 288 Å². The summed E-state index contributed by atoms with van der Waals surface area (Å²) in [5.74, 6) is 1.28. The Kier molecular flexibility index (Phi) is 8.75. The summed E-state index contributed by atoms with van der Waals surface area (Å²) in [6.07, 6.45) is 4.22. The fourth-order valence-corrected chi connectivity index (χ4v) is 6.15. The Morgan fingerprint density at radius 3 is 1.88 bits per heavy atom. The maximum atomic E-state index is 6.07. The molecule has 0 radical (unpaired) electrons. The highest BCUT2D eigenvalue weighted by Crippen LogP contribution is 2.34. The van der Waals surface area contributed by atoms with Crippen LogP contribution in [0.4, 0.5) is 23.5 Å². The number of hydrogen-bond acceptors (Lipinski definition) is 15. The van der Waals surface area contributed by atoms with Crippen LogP contribution < -0.4 is 22.9 Å². The highest BCUT2D eigenvalue weighted by Gasteiger charge is 2.20. The molecule has 8 rings (SSSR count). The molecule has 0 spiro atoms. The Balaban J connectivity index is 0.000000137. The molecular weight excluding hydrogens is 750 g/mol. The molecule has 0 saturated heterocycles. The summed E-state index contributed by atoms with van der Waals surface area (Å²) < 4.78 is 10.6. The number of nitrogens with two attached hydrogens (primary N) is 4. The number of nitrogens with zero attached hydrogens (tertiary/aromatic N) is 12. The molecule has 246 valence electrons. The van der Waals surface area contributed by atoms with E-state index in [-0.39, 0.29) is 18.1 Å². The Morgan fingerprint density at radius 1 is 0.708 bits per heavy atom. The zero-order valence-electron chi connectivity index (χ0n) is 26.0. The molecule has 0 aliphatic heterocycles. The van der Waals surface area contributed by atoms with E-state index in [2.05, 4.69) is 87.1 Å². The summed E-state index contributed by atoms with van der Waals surface area (Å²) in [4.78, 5) is 28.2. The molecule has 0 saturated carbocycles.